The van der Waals surface area contributed by atoms with Crippen LogP contribution in [0, 0.1) is 5.92 Å². The lowest BCUT2D eigenvalue weighted by molar-refractivity contribution is -0.141. The van der Waals surface area contributed by atoms with Crippen molar-refractivity contribution in [1.29, 1.82) is 0 Å². The molecule has 1 aliphatic rings. The van der Waals surface area contributed by atoms with Crippen LogP contribution in [0.3, 0.4) is 0 Å². The Kier molecular flexibility index (Phi) is 8.21. The van der Waals surface area contributed by atoms with Crippen molar-refractivity contribution in [3.05, 3.63) is 64.7 Å². The van der Waals surface area contributed by atoms with E-state index in [4.69, 9.17) is 9.72 Å². The third kappa shape index (κ3) is 5.12. The molecule has 1 aliphatic carbocycles. The smallest absolute Gasteiger partial charge is 0.266 e. The van der Waals surface area contributed by atoms with Crippen LogP contribution in [0.2, 0.25) is 0 Å². The van der Waals surface area contributed by atoms with Gasteiger partial charge in [0, 0.05) is 12.5 Å². The number of fused-ring (bicyclic) bond motifs is 1. The van der Waals surface area contributed by atoms with Crippen molar-refractivity contribution in [3.8, 4) is 11.4 Å². The third-order valence-corrected chi connectivity index (χ3v) is 7.18. The van der Waals surface area contributed by atoms with Crippen LogP contribution in [0.25, 0.3) is 16.6 Å². The molecule has 0 bridgehead atoms. The van der Waals surface area contributed by atoms with Gasteiger partial charge in [0.05, 0.1) is 29.7 Å². The molecule has 1 heterocycles. The summed E-state index contributed by atoms with van der Waals surface area (Å²) in [5, 5.41) is 0.553. The van der Waals surface area contributed by atoms with E-state index in [0.29, 0.717) is 41.1 Å². The first-order valence-corrected chi connectivity index (χ1v) is 13.1. The van der Waals surface area contributed by atoms with Gasteiger partial charge in [-0.05, 0) is 49.9 Å². The molecule has 1 unspecified atom stereocenters. The standard InChI is InChI=1S/C29H37N3O3/c1-4-6-7-12-20-31(28(33)21-14-13-15-21)24(5-2)27-30-23-17-9-8-16-22(23)29(34)32(27)25-18-10-11-19-26(25)35-3/h8-11,16-19,21,24H,4-7,12-15,20H2,1-3H3. The molecule has 1 amide bonds. The number of benzene rings is 2. The first kappa shape index (κ1) is 25.0. The molecule has 35 heavy (non-hydrogen) atoms. The number of carbonyl (C=O) groups excluding carboxylic acids is 1. The number of para-hydroxylation sites is 3. The monoisotopic (exact) mass is 475 g/mol. The Balaban J connectivity index is 1.88. The number of nitrogens with zero attached hydrogens (tertiary/aromatic N) is 3. The van der Waals surface area contributed by atoms with Gasteiger partial charge >= 0.3 is 0 Å². The zero-order chi connectivity index (χ0) is 24.8. The molecule has 1 aromatic heterocycles. The Bertz CT molecular complexity index is 1220. The highest BCUT2D eigenvalue weighted by Crippen LogP contribution is 2.34. The van der Waals surface area contributed by atoms with E-state index in [1.165, 1.54) is 0 Å². The molecule has 0 spiro atoms. The van der Waals surface area contributed by atoms with Crippen LogP contribution in [0.1, 0.15) is 77.1 Å². The fourth-order valence-electron chi connectivity index (χ4n) is 4.98. The highest BCUT2D eigenvalue weighted by molar-refractivity contribution is 5.81. The molecule has 1 saturated carbocycles. The summed E-state index contributed by atoms with van der Waals surface area (Å²) in [6.07, 6.45) is 8.02. The summed E-state index contributed by atoms with van der Waals surface area (Å²) in [6, 6.07) is 14.7. The summed E-state index contributed by atoms with van der Waals surface area (Å²) in [4.78, 5) is 34.6. The molecule has 1 atom stereocenters. The Labute approximate surface area is 207 Å². The topological polar surface area (TPSA) is 64.4 Å². The van der Waals surface area contributed by atoms with Crippen molar-refractivity contribution in [1.82, 2.24) is 14.5 Å². The number of rotatable bonds is 11. The second-order valence-electron chi connectivity index (χ2n) is 9.44. The molecule has 0 radical (unpaired) electrons. The number of hydrogen-bond donors (Lipinski definition) is 0. The van der Waals surface area contributed by atoms with Gasteiger partial charge in [0.1, 0.15) is 11.6 Å². The van der Waals surface area contributed by atoms with Crippen LogP contribution >= 0.6 is 0 Å². The Morgan fingerprint density at radius 1 is 1.09 bits per heavy atom. The molecule has 6 nitrogen and oxygen atoms in total. The van der Waals surface area contributed by atoms with Gasteiger partial charge in [-0.2, -0.15) is 0 Å². The maximum absolute atomic E-state index is 13.9. The maximum Gasteiger partial charge on any atom is 0.266 e. The second kappa shape index (κ2) is 11.5. The van der Waals surface area contributed by atoms with E-state index < -0.39 is 0 Å². The van der Waals surface area contributed by atoms with Crippen molar-refractivity contribution in [2.24, 2.45) is 5.92 Å². The number of carbonyl (C=O) groups is 1. The minimum Gasteiger partial charge on any atom is -0.495 e. The number of aromatic nitrogens is 2. The van der Waals surface area contributed by atoms with Crippen molar-refractivity contribution in [2.45, 2.75) is 71.3 Å². The lowest BCUT2D eigenvalue weighted by Crippen LogP contribution is -2.43. The van der Waals surface area contributed by atoms with E-state index in [1.54, 1.807) is 11.7 Å². The van der Waals surface area contributed by atoms with Crippen molar-refractivity contribution in [2.75, 3.05) is 13.7 Å². The highest BCUT2D eigenvalue weighted by Gasteiger charge is 2.35. The predicted molar refractivity (Wildman–Crippen MR) is 140 cm³/mol. The van der Waals surface area contributed by atoms with E-state index in [2.05, 4.69) is 13.8 Å². The lowest BCUT2D eigenvalue weighted by atomic mass is 9.84. The SMILES string of the molecule is CCCCCCN(C(=O)C1CCC1)C(CC)c1nc2ccccc2c(=O)n1-c1ccccc1OC. The molecule has 0 aliphatic heterocycles. The number of ether oxygens (including phenoxy) is 1. The van der Waals surface area contributed by atoms with E-state index in [1.807, 2.05) is 53.4 Å². The summed E-state index contributed by atoms with van der Waals surface area (Å²) < 4.78 is 7.30. The molecule has 6 heteroatoms. The fourth-order valence-corrected chi connectivity index (χ4v) is 4.98. The lowest BCUT2D eigenvalue weighted by Gasteiger charge is -2.37. The minimum absolute atomic E-state index is 0.0853. The molecule has 186 valence electrons. The summed E-state index contributed by atoms with van der Waals surface area (Å²) in [7, 11) is 1.61. The molecule has 4 rings (SSSR count). The van der Waals surface area contributed by atoms with Crippen LogP contribution in [-0.2, 0) is 4.79 Å². The minimum atomic E-state index is -0.299. The first-order chi connectivity index (χ1) is 17.1. The van der Waals surface area contributed by atoms with Crippen LogP contribution in [0.15, 0.2) is 53.3 Å². The Hall–Kier alpha value is -3.15. The zero-order valence-electron chi connectivity index (χ0n) is 21.2. The molecule has 3 aromatic rings. The number of unbranched alkanes of at least 4 members (excludes halogenated alkanes) is 3. The molecule has 1 fully saturated rings. The van der Waals surface area contributed by atoms with Crippen LogP contribution in [-0.4, -0.2) is 34.0 Å². The van der Waals surface area contributed by atoms with Gasteiger partial charge < -0.3 is 9.64 Å². The molecular formula is C29H37N3O3. The molecule has 0 saturated heterocycles. The van der Waals surface area contributed by atoms with Gasteiger partial charge in [-0.25, -0.2) is 4.98 Å². The molecular weight excluding hydrogens is 438 g/mol. The van der Waals surface area contributed by atoms with Gasteiger partial charge in [0.15, 0.2) is 0 Å². The van der Waals surface area contributed by atoms with E-state index in [-0.39, 0.29) is 23.4 Å². The first-order valence-electron chi connectivity index (χ1n) is 13.1. The summed E-state index contributed by atoms with van der Waals surface area (Å²) in [6.45, 7) is 4.95. The molecule has 0 N–H and O–H groups in total. The average molecular weight is 476 g/mol. The quantitative estimate of drug-likeness (QED) is 0.317. The van der Waals surface area contributed by atoms with E-state index in [0.717, 1.165) is 44.9 Å². The number of methoxy groups -OCH3 is 1. The Morgan fingerprint density at radius 3 is 2.51 bits per heavy atom. The summed E-state index contributed by atoms with van der Waals surface area (Å²) >= 11 is 0. The normalized spacial score (nSPS) is 14.5. The summed E-state index contributed by atoms with van der Waals surface area (Å²) in [5.41, 5.74) is 1.16. The third-order valence-electron chi connectivity index (χ3n) is 7.18. The zero-order valence-corrected chi connectivity index (χ0v) is 21.2. The van der Waals surface area contributed by atoms with Crippen molar-refractivity contribution < 1.29 is 9.53 Å². The number of amides is 1. The van der Waals surface area contributed by atoms with Crippen molar-refractivity contribution in [3.63, 3.8) is 0 Å². The van der Waals surface area contributed by atoms with Gasteiger partial charge in [0.2, 0.25) is 5.91 Å². The van der Waals surface area contributed by atoms with E-state index >= 15 is 0 Å². The highest BCUT2D eigenvalue weighted by atomic mass is 16.5. The second-order valence-corrected chi connectivity index (χ2v) is 9.44. The predicted octanol–water partition coefficient (Wildman–Crippen LogP) is 6.05. The van der Waals surface area contributed by atoms with Crippen molar-refractivity contribution >= 4 is 16.8 Å². The van der Waals surface area contributed by atoms with Gasteiger partial charge in [-0.3, -0.25) is 14.2 Å². The van der Waals surface area contributed by atoms with Gasteiger partial charge in [-0.15, -0.1) is 0 Å². The maximum atomic E-state index is 13.9. The molecule has 2 aromatic carbocycles. The number of hydrogen-bond acceptors (Lipinski definition) is 4. The van der Waals surface area contributed by atoms with Gasteiger partial charge in [0.25, 0.3) is 5.56 Å². The largest absolute Gasteiger partial charge is 0.495 e. The Morgan fingerprint density at radius 2 is 1.83 bits per heavy atom. The van der Waals surface area contributed by atoms with Crippen LogP contribution in [0.5, 0.6) is 5.75 Å². The van der Waals surface area contributed by atoms with Crippen LogP contribution in [0.4, 0.5) is 0 Å². The fraction of sp³-hybridized carbons (Fsp3) is 0.483. The average Bonchev–Trinajstić information content (AvgIpc) is 2.85. The van der Waals surface area contributed by atoms with Crippen LogP contribution < -0.4 is 10.3 Å². The summed E-state index contributed by atoms with van der Waals surface area (Å²) in [5.74, 6) is 1.49. The van der Waals surface area contributed by atoms with E-state index in [9.17, 15) is 9.59 Å². The van der Waals surface area contributed by atoms with Gasteiger partial charge in [-0.1, -0.05) is 63.8 Å².